The number of carbonyl (C=O) groups is 1. The van der Waals surface area contributed by atoms with E-state index in [0.717, 1.165) is 70.6 Å². The smallest absolute Gasteiger partial charge is 0.320 e. The van der Waals surface area contributed by atoms with E-state index >= 15 is 0 Å². The summed E-state index contributed by atoms with van der Waals surface area (Å²) in [6.45, 7) is 5.58. The maximum Gasteiger partial charge on any atom is 0.320 e. The van der Waals surface area contributed by atoms with Gasteiger partial charge in [-0.05, 0) is 38.0 Å². The van der Waals surface area contributed by atoms with Gasteiger partial charge in [-0.15, -0.1) is 0 Å². The molecule has 2 saturated heterocycles. The van der Waals surface area contributed by atoms with Crippen molar-refractivity contribution in [2.24, 2.45) is 11.8 Å². The third-order valence-electron chi connectivity index (χ3n) is 5.75. The topological polar surface area (TPSA) is 43.8 Å². The van der Waals surface area contributed by atoms with Gasteiger partial charge in [-0.2, -0.15) is 0 Å². The molecule has 2 amide bonds. The predicted molar refractivity (Wildman–Crippen MR) is 78.5 cm³/mol. The molecule has 0 bridgehead atoms. The third-order valence-corrected chi connectivity index (χ3v) is 5.75. The molecular formula is C16H28N2O2. The molecule has 2 aliphatic heterocycles. The number of amides is 2. The van der Waals surface area contributed by atoms with E-state index in [9.17, 15) is 9.90 Å². The monoisotopic (exact) mass is 280 g/mol. The van der Waals surface area contributed by atoms with Crippen LogP contribution >= 0.6 is 0 Å². The number of piperidine rings is 2. The standard InChI is InChI=1S/C16H28N2O2/c1-13-5-9-17(10-6-13)15(19)18-11-8-16(20)7-3-2-4-14(16)12-18/h13-14,20H,2-12H2,1H3. The zero-order valence-corrected chi connectivity index (χ0v) is 12.7. The minimum absolute atomic E-state index is 0.213. The van der Waals surface area contributed by atoms with Gasteiger partial charge in [0.25, 0.3) is 0 Å². The van der Waals surface area contributed by atoms with Gasteiger partial charge in [-0.25, -0.2) is 4.79 Å². The Morgan fingerprint density at radius 1 is 1.05 bits per heavy atom. The predicted octanol–water partition coefficient (Wildman–Crippen LogP) is 2.47. The molecule has 4 heteroatoms. The van der Waals surface area contributed by atoms with Gasteiger partial charge in [-0.1, -0.05) is 19.8 Å². The molecule has 2 heterocycles. The Balaban J connectivity index is 1.60. The molecule has 114 valence electrons. The number of nitrogens with zero attached hydrogens (tertiary/aromatic N) is 2. The summed E-state index contributed by atoms with van der Waals surface area (Å²) in [6.07, 6.45) is 7.40. The molecule has 3 aliphatic rings. The highest BCUT2D eigenvalue weighted by atomic mass is 16.3. The first-order valence-electron chi connectivity index (χ1n) is 8.35. The third kappa shape index (κ3) is 2.67. The summed E-state index contributed by atoms with van der Waals surface area (Å²) in [7, 11) is 0. The van der Waals surface area contributed by atoms with Crippen molar-refractivity contribution in [2.45, 2.75) is 57.5 Å². The van der Waals surface area contributed by atoms with Gasteiger partial charge in [0.2, 0.25) is 0 Å². The lowest BCUT2D eigenvalue weighted by Gasteiger charge is -2.48. The van der Waals surface area contributed by atoms with Gasteiger partial charge in [-0.3, -0.25) is 0 Å². The van der Waals surface area contributed by atoms with E-state index in [0.29, 0.717) is 5.92 Å². The average molecular weight is 280 g/mol. The summed E-state index contributed by atoms with van der Waals surface area (Å²) in [5.74, 6) is 1.06. The zero-order valence-electron chi connectivity index (χ0n) is 12.7. The van der Waals surface area contributed by atoms with E-state index in [-0.39, 0.29) is 6.03 Å². The second kappa shape index (κ2) is 5.55. The Labute approximate surface area is 122 Å². The van der Waals surface area contributed by atoms with Crippen molar-refractivity contribution >= 4 is 6.03 Å². The average Bonchev–Trinajstić information content (AvgIpc) is 2.46. The van der Waals surface area contributed by atoms with Crippen LogP contribution in [0.2, 0.25) is 0 Å². The molecule has 1 aliphatic carbocycles. The van der Waals surface area contributed by atoms with E-state index in [1.54, 1.807) is 0 Å². The quantitative estimate of drug-likeness (QED) is 0.741. The Bertz CT molecular complexity index is 365. The summed E-state index contributed by atoms with van der Waals surface area (Å²) in [4.78, 5) is 16.6. The van der Waals surface area contributed by atoms with Crippen LogP contribution in [-0.2, 0) is 0 Å². The van der Waals surface area contributed by atoms with Crippen LogP contribution in [0.25, 0.3) is 0 Å². The highest BCUT2D eigenvalue weighted by Crippen LogP contribution is 2.40. The van der Waals surface area contributed by atoms with Gasteiger partial charge in [0, 0.05) is 32.1 Å². The number of hydrogen-bond acceptors (Lipinski definition) is 2. The second-order valence-corrected chi connectivity index (χ2v) is 7.19. The Morgan fingerprint density at radius 3 is 2.55 bits per heavy atom. The first-order valence-corrected chi connectivity index (χ1v) is 8.35. The van der Waals surface area contributed by atoms with E-state index in [4.69, 9.17) is 0 Å². The van der Waals surface area contributed by atoms with Crippen LogP contribution < -0.4 is 0 Å². The first kappa shape index (κ1) is 14.2. The lowest BCUT2D eigenvalue weighted by atomic mass is 9.71. The second-order valence-electron chi connectivity index (χ2n) is 7.19. The van der Waals surface area contributed by atoms with Crippen molar-refractivity contribution in [1.82, 2.24) is 9.80 Å². The number of rotatable bonds is 0. The van der Waals surface area contributed by atoms with Crippen LogP contribution in [0.5, 0.6) is 0 Å². The summed E-state index contributed by atoms with van der Waals surface area (Å²) in [5.41, 5.74) is -0.481. The highest BCUT2D eigenvalue weighted by Gasteiger charge is 2.44. The van der Waals surface area contributed by atoms with E-state index in [1.165, 1.54) is 6.42 Å². The lowest BCUT2D eigenvalue weighted by molar-refractivity contribution is -0.0891. The van der Waals surface area contributed by atoms with Crippen LogP contribution in [0.1, 0.15) is 51.9 Å². The number of urea groups is 1. The molecular weight excluding hydrogens is 252 g/mol. The lowest BCUT2D eigenvalue weighted by Crippen LogP contribution is -2.57. The molecule has 2 unspecified atom stereocenters. The minimum Gasteiger partial charge on any atom is -0.389 e. The molecule has 2 atom stereocenters. The Hall–Kier alpha value is -0.770. The SMILES string of the molecule is CC1CCN(C(=O)N2CCC3(O)CCCCC3C2)CC1. The van der Waals surface area contributed by atoms with Crippen molar-refractivity contribution in [3.05, 3.63) is 0 Å². The number of hydrogen-bond donors (Lipinski definition) is 1. The Kier molecular flexibility index (Phi) is 3.93. The number of aliphatic hydroxyl groups is 1. The highest BCUT2D eigenvalue weighted by molar-refractivity contribution is 5.74. The van der Waals surface area contributed by atoms with Crippen LogP contribution in [0.3, 0.4) is 0 Å². The van der Waals surface area contributed by atoms with Crippen molar-refractivity contribution in [1.29, 1.82) is 0 Å². The van der Waals surface area contributed by atoms with Crippen LogP contribution in [0.15, 0.2) is 0 Å². The summed E-state index contributed by atoms with van der Waals surface area (Å²) in [5, 5.41) is 10.7. The van der Waals surface area contributed by atoms with Gasteiger partial charge in [0.1, 0.15) is 0 Å². The molecule has 0 radical (unpaired) electrons. The minimum atomic E-state index is -0.481. The van der Waals surface area contributed by atoms with E-state index < -0.39 is 5.60 Å². The van der Waals surface area contributed by atoms with Crippen molar-refractivity contribution in [3.63, 3.8) is 0 Å². The molecule has 0 aromatic carbocycles. The molecule has 0 aromatic rings. The van der Waals surface area contributed by atoms with Gasteiger partial charge in [0.05, 0.1) is 5.60 Å². The normalized spacial score (nSPS) is 35.8. The maximum absolute atomic E-state index is 12.6. The summed E-state index contributed by atoms with van der Waals surface area (Å²) >= 11 is 0. The molecule has 0 spiro atoms. The molecule has 3 fully saturated rings. The van der Waals surface area contributed by atoms with Crippen LogP contribution in [0.4, 0.5) is 4.79 Å². The molecule has 20 heavy (non-hydrogen) atoms. The van der Waals surface area contributed by atoms with Crippen molar-refractivity contribution in [2.75, 3.05) is 26.2 Å². The molecule has 1 N–H and O–H groups in total. The van der Waals surface area contributed by atoms with E-state index in [2.05, 4.69) is 6.92 Å². The summed E-state index contributed by atoms with van der Waals surface area (Å²) in [6, 6.07) is 0.213. The fraction of sp³-hybridized carbons (Fsp3) is 0.938. The van der Waals surface area contributed by atoms with Gasteiger partial charge < -0.3 is 14.9 Å². The Morgan fingerprint density at radius 2 is 1.80 bits per heavy atom. The molecule has 4 nitrogen and oxygen atoms in total. The molecule has 3 rings (SSSR count). The number of fused-ring (bicyclic) bond motifs is 1. The fourth-order valence-corrected chi connectivity index (χ4v) is 4.14. The first-order chi connectivity index (χ1) is 9.58. The zero-order chi connectivity index (χ0) is 14.2. The van der Waals surface area contributed by atoms with Gasteiger partial charge in [0.15, 0.2) is 0 Å². The maximum atomic E-state index is 12.6. The van der Waals surface area contributed by atoms with E-state index in [1.807, 2.05) is 9.80 Å². The number of likely N-dealkylation sites (tertiary alicyclic amines) is 2. The van der Waals surface area contributed by atoms with Crippen LogP contribution in [0, 0.1) is 11.8 Å². The fourth-order valence-electron chi connectivity index (χ4n) is 4.14. The van der Waals surface area contributed by atoms with Gasteiger partial charge >= 0.3 is 6.03 Å². The molecule has 0 aromatic heterocycles. The van der Waals surface area contributed by atoms with Crippen molar-refractivity contribution < 1.29 is 9.90 Å². The summed E-state index contributed by atoms with van der Waals surface area (Å²) < 4.78 is 0. The largest absolute Gasteiger partial charge is 0.389 e. The number of carbonyl (C=O) groups excluding carboxylic acids is 1. The van der Waals surface area contributed by atoms with Crippen LogP contribution in [-0.4, -0.2) is 52.7 Å². The molecule has 1 saturated carbocycles. The van der Waals surface area contributed by atoms with Crippen molar-refractivity contribution in [3.8, 4) is 0 Å².